The van der Waals surface area contributed by atoms with Crippen LogP contribution in [0.1, 0.15) is 44.2 Å². The normalized spacial score (nSPS) is 10.3. The lowest BCUT2D eigenvalue weighted by atomic mass is 10.1. The fourth-order valence-electron chi connectivity index (χ4n) is 2.19. The third-order valence-electron chi connectivity index (χ3n) is 3.55. The zero-order valence-corrected chi connectivity index (χ0v) is 14.6. The molecule has 25 heavy (non-hydrogen) atoms. The number of carbonyl (C=O) groups is 3. The first-order valence-corrected chi connectivity index (χ1v) is 8.57. The van der Waals surface area contributed by atoms with E-state index in [0.29, 0.717) is 30.7 Å². The standard InChI is InChI=1S/C18H19NO5S/c1-24-13-7-5-12(6-8-13)15(20)3-2-4-17(21)19-11-14-9-10-16(25-14)18(22)23/h5-10H,2-4,11H2,1H3,(H,19,21)(H,22,23). The molecule has 1 heterocycles. The van der Waals surface area contributed by atoms with Crippen molar-refractivity contribution in [3.05, 3.63) is 51.7 Å². The maximum atomic E-state index is 12.0. The third-order valence-corrected chi connectivity index (χ3v) is 4.63. The van der Waals surface area contributed by atoms with Gasteiger partial charge < -0.3 is 15.2 Å². The summed E-state index contributed by atoms with van der Waals surface area (Å²) in [7, 11) is 1.56. The second-order valence-electron chi connectivity index (χ2n) is 5.35. The molecule has 1 amide bonds. The van der Waals surface area contributed by atoms with E-state index in [-0.39, 0.29) is 23.0 Å². The van der Waals surface area contributed by atoms with Crippen LogP contribution in [0.3, 0.4) is 0 Å². The van der Waals surface area contributed by atoms with Gasteiger partial charge in [-0.2, -0.15) is 0 Å². The fraction of sp³-hybridized carbons (Fsp3) is 0.278. The first kappa shape index (κ1) is 18.7. The molecule has 132 valence electrons. The van der Waals surface area contributed by atoms with Crippen molar-refractivity contribution in [2.45, 2.75) is 25.8 Å². The average molecular weight is 361 g/mol. The Kier molecular flexibility index (Phi) is 6.71. The first-order valence-electron chi connectivity index (χ1n) is 7.75. The van der Waals surface area contributed by atoms with Gasteiger partial charge in [-0.25, -0.2) is 4.79 Å². The Bertz CT molecular complexity index is 751. The Morgan fingerprint density at radius 3 is 2.40 bits per heavy atom. The highest BCUT2D eigenvalue weighted by Crippen LogP contribution is 2.16. The smallest absolute Gasteiger partial charge is 0.345 e. The van der Waals surface area contributed by atoms with E-state index in [1.165, 1.54) is 6.07 Å². The molecular weight excluding hydrogens is 342 g/mol. The molecular formula is C18H19NO5S. The van der Waals surface area contributed by atoms with Gasteiger partial charge in [-0.3, -0.25) is 9.59 Å². The number of aromatic carboxylic acids is 1. The number of ketones is 1. The summed E-state index contributed by atoms with van der Waals surface area (Å²) in [6.45, 7) is 0.295. The van der Waals surface area contributed by atoms with Gasteiger partial charge in [-0.05, 0) is 42.8 Å². The highest BCUT2D eigenvalue weighted by atomic mass is 32.1. The predicted molar refractivity (Wildman–Crippen MR) is 94.3 cm³/mol. The van der Waals surface area contributed by atoms with E-state index < -0.39 is 5.97 Å². The number of nitrogens with one attached hydrogen (secondary N) is 1. The van der Waals surface area contributed by atoms with Gasteiger partial charge in [0.25, 0.3) is 0 Å². The molecule has 7 heteroatoms. The number of hydrogen-bond acceptors (Lipinski definition) is 5. The molecule has 2 aromatic rings. The number of carboxylic acids is 1. The molecule has 0 fully saturated rings. The number of amides is 1. The Labute approximate surface area is 149 Å². The average Bonchev–Trinajstić information content (AvgIpc) is 3.09. The van der Waals surface area contributed by atoms with Crippen LogP contribution < -0.4 is 10.1 Å². The summed E-state index contributed by atoms with van der Waals surface area (Å²) in [5.41, 5.74) is 0.598. The molecule has 0 aliphatic carbocycles. The zero-order valence-electron chi connectivity index (χ0n) is 13.8. The number of benzene rings is 1. The maximum absolute atomic E-state index is 12.0. The highest BCUT2D eigenvalue weighted by molar-refractivity contribution is 7.13. The SMILES string of the molecule is COc1ccc(C(=O)CCCC(=O)NCc2ccc(C(=O)O)s2)cc1. The van der Waals surface area contributed by atoms with E-state index in [1.807, 2.05) is 0 Å². The monoisotopic (exact) mass is 361 g/mol. The Morgan fingerprint density at radius 1 is 1.08 bits per heavy atom. The number of carboxylic acid groups (broad SMARTS) is 1. The van der Waals surface area contributed by atoms with Crippen LogP contribution in [0.4, 0.5) is 0 Å². The molecule has 0 saturated carbocycles. The minimum absolute atomic E-state index is 0.0141. The summed E-state index contributed by atoms with van der Waals surface area (Å²) in [5.74, 6) is -0.456. The van der Waals surface area contributed by atoms with E-state index >= 15 is 0 Å². The van der Waals surface area contributed by atoms with E-state index in [2.05, 4.69) is 5.32 Å². The molecule has 2 N–H and O–H groups in total. The molecule has 2 rings (SSSR count). The van der Waals surface area contributed by atoms with Gasteiger partial charge in [0, 0.05) is 23.3 Å². The van der Waals surface area contributed by atoms with Crippen LogP contribution >= 0.6 is 11.3 Å². The van der Waals surface area contributed by atoms with Gasteiger partial charge in [0.1, 0.15) is 10.6 Å². The molecule has 0 spiro atoms. The van der Waals surface area contributed by atoms with Crippen molar-refractivity contribution in [1.29, 1.82) is 0 Å². The number of carbonyl (C=O) groups excluding carboxylic acids is 2. The van der Waals surface area contributed by atoms with Crippen LogP contribution in [0.5, 0.6) is 5.75 Å². The van der Waals surface area contributed by atoms with Gasteiger partial charge in [-0.1, -0.05) is 0 Å². The number of methoxy groups -OCH3 is 1. The van der Waals surface area contributed by atoms with Crippen molar-refractivity contribution in [2.75, 3.05) is 7.11 Å². The quantitative estimate of drug-likeness (QED) is 0.670. The van der Waals surface area contributed by atoms with Crippen molar-refractivity contribution in [3.8, 4) is 5.75 Å². The Hall–Kier alpha value is -2.67. The van der Waals surface area contributed by atoms with Crippen LogP contribution in [0, 0.1) is 0 Å². The molecule has 0 unspecified atom stereocenters. The number of ether oxygens (including phenoxy) is 1. The van der Waals surface area contributed by atoms with Crippen molar-refractivity contribution in [1.82, 2.24) is 5.32 Å². The van der Waals surface area contributed by atoms with Gasteiger partial charge in [0.05, 0.1) is 13.7 Å². The maximum Gasteiger partial charge on any atom is 0.345 e. The van der Waals surface area contributed by atoms with Crippen LogP contribution in [-0.4, -0.2) is 29.9 Å². The summed E-state index contributed by atoms with van der Waals surface area (Å²) in [6.07, 6.45) is 1.00. The number of hydrogen-bond donors (Lipinski definition) is 2. The molecule has 0 radical (unpaired) electrons. The van der Waals surface area contributed by atoms with Gasteiger partial charge in [0.2, 0.25) is 5.91 Å². The molecule has 0 bridgehead atoms. The molecule has 0 aliphatic heterocycles. The second-order valence-corrected chi connectivity index (χ2v) is 6.52. The minimum Gasteiger partial charge on any atom is -0.497 e. The van der Waals surface area contributed by atoms with E-state index in [4.69, 9.17) is 9.84 Å². The molecule has 0 aliphatic rings. The largest absolute Gasteiger partial charge is 0.497 e. The lowest BCUT2D eigenvalue weighted by Gasteiger charge is -2.05. The zero-order chi connectivity index (χ0) is 18.2. The molecule has 0 atom stereocenters. The summed E-state index contributed by atoms with van der Waals surface area (Å²) >= 11 is 1.13. The van der Waals surface area contributed by atoms with Crippen molar-refractivity contribution in [2.24, 2.45) is 0 Å². The van der Waals surface area contributed by atoms with Gasteiger partial charge in [-0.15, -0.1) is 11.3 Å². The van der Waals surface area contributed by atoms with Crippen LogP contribution in [0.15, 0.2) is 36.4 Å². The number of rotatable bonds is 9. The van der Waals surface area contributed by atoms with Gasteiger partial charge >= 0.3 is 5.97 Å². The fourth-order valence-corrected chi connectivity index (χ4v) is 2.98. The van der Waals surface area contributed by atoms with Crippen molar-refractivity contribution in [3.63, 3.8) is 0 Å². The topological polar surface area (TPSA) is 92.7 Å². The van der Waals surface area contributed by atoms with E-state index in [0.717, 1.165) is 16.2 Å². The predicted octanol–water partition coefficient (Wildman–Crippen LogP) is 3.12. The molecule has 0 saturated heterocycles. The summed E-state index contributed by atoms with van der Waals surface area (Å²) in [6, 6.07) is 10.1. The Morgan fingerprint density at radius 2 is 1.80 bits per heavy atom. The molecule has 1 aromatic carbocycles. The Balaban J connectivity index is 1.70. The van der Waals surface area contributed by atoms with Crippen LogP contribution in [-0.2, 0) is 11.3 Å². The summed E-state index contributed by atoms with van der Waals surface area (Å²) in [4.78, 5) is 35.7. The third kappa shape index (κ3) is 5.72. The van der Waals surface area contributed by atoms with Crippen LogP contribution in [0.25, 0.3) is 0 Å². The second kappa shape index (κ2) is 8.98. The number of thiophene rings is 1. The van der Waals surface area contributed by atoms with Crippen molar-refractivity contribution < 1.29 is 24.2 Å². The van der Waals surface area contributed by atoms with E-state index in [1.54, 1.807) is 37.4 Å². The first-order chi connectivity index (χ1) is 12.0. The lowest BCUT2D eigenvalue weighted by Crippen LogP contribution is -2.22. The highest BCUT2D eigenvalue weighted by Gasteiger charge is 2.10. The minimum atomic E-state index is -0.973. The van der Waals surface area contributed by atoms with Crippen LogP contribution in [0.2, 0.25) is 0 Å². The summed E-state index contributed by atoms with van der Waals surface area (Å²) < 4.78 is 5.04. The molecule has 1 aromatic heterocycles. The van der Waals surface area contributed by atoms with E-state index in [9.17, 15) is 14.4 Å². The lowest BCUT2D eigenvalue weighted by molar-refractivity contribution is -0.121. The molecule has 6 nitrogen and oxygen atoms in total. The van der Waals surface area contributed by atoms with Crippen molar-refractivity contribution >= 4 is 29.0 Å². The number of Topliss-reactive ketones (excluding diaryl/α,β-unsaturated/α-hetero) is 1. The van der Waals surface area contributed by atoms with Gasteiger partial charge in [0.15, 0.2) is 5.78 Å². The summed E-state index contributed by atoms with van der Waals surface area (Å²) in [5, 5.41) is 11.6.